The van der Waals surface area contributed by atoms with Crippen molar-refractivity contribution in [2.75, 3.05) is 0 Å². The lowest BCUT2D eigenvalue weighted by Crippen LogP contribution is -2.58. The van der Waals surface area contributed by atoms with Crippen molar-refractivity contribution in [3.8, 4) is 0 Å². The molecule has 5 rings (SSSR count). The van der Waals surface area contributed by atoms with Gasteiger partial charge in [0, 0.05) is 10.8 Å². The average Bonchev–Trinajstić information content (AvgIpc) is 3.12. The van der Waals surface area contributed by atoms with Gasteiger partial charge in [-0.2, -0.15) is 0 Å². The summed E-state index contributed by atoms with van der Waals surface area (Å²) in [5.74, 6) is 1.88. The predicted molar refractivity (Wildman–Crippen MR) is 92.4 cm³/mol. The maximum absolute atomic E-state index is 10.9. The van der Waals surface area contributed by atoms with E-state index in [-0.39, 0.29) is 11.0 Å². The molecule has 1 heterocycles. The molecule has 134 valence electrons. The number of allylic oxidation sites excluding steroid dienone is 1. The van der Waals surface area contributed by atoms with E-state index in [9.17, 15) is 10.2 Å². The van der Waals surface area contributed by atoms with E-state index in [1.165, 1.54) is 37.7 Å². The zero-order valence-electron chi connectivity index (χ0n) is 15.3. The fraction of sp³-hybridized carbons (Fsp3) is 0.905. The van der Waals surface area contributed by atoms with Crippen LogP contribution in [0.4, 0.5) is 0 Å². The van der Waals surface area contributed by atoms with E-state index in [0.29, 0.717) is 29.3 Å². The lowest BCUT2D eigenvalue weighted by atomic mass is 9.46. The van der Waals surface area contributed by atoms with Crippen molar-refractivity contribution in [1.82, 2.24) is 0 Å². The Kier molecular flexibility index (Phi) is 3.08. The summed E-state index contributed by atoms with van der Waals surface area (Å²) in [5.41, 5.74) is 1.67. The Hall–Kier alpha value is -0.380. The second kappa shape index (κ2) is 4.66. The maximum atomic E-state index is 10.9. The number of fused-ring (bicyclic) bond motifs is 6. The first-order valence-corrected chi connectivity index (χ1v) is 10.1. The van der Waals surface area contributed by atoms with Gasteiger partial charge in [-0.25, -0.2) is 0 Å². The van der Waals surface area contributed by atoms with Crippen molar-refractivity contribution >= 4 is 0 Å². The van der Waals surface area contributed by atoms with Gasteiger partial charge in [-0.05, 0) is 69.6 Å². The Labute approximate surface area is 145 Å². The Morgan fingerprint density at radius 3 is 2.50 bits per heavy atom. The van der Waals surface area contributed by atoms with Crippen molar-refractivity contribution in [2.45, 2.75) is 89.6 Å². The number of ether oxygens (including phenoxy) is 1. The topological polar surface area (TPSA) is 53.0 Å². The fourth-order valence-electron chi connectivity index (χ4n) is 7.91. The molecule has 0 bridgehead atoms. The number of hydrogen-bond donors (Lipinski definition) is 2. The lowest BCUT2D eigenvalue weighted by Gasteiger charge is -2.59. The highest BCUT2D eigenvalue weighted by atomic mass is 16.6. The molecule has 1 saturated heterocycles. The van der Waals surface area contributed by atoms with Crippen molar-refractivity contribution in [3.63, 3.8) is 0 Å². The van der Waals surface area contributed by atoms with Crippen molar-refractivity contribution in [2.24, 2.45) is 28.6 Å². The summed E-state index contributed by atoms with van der Waals surface area (Å²) in [5, 5.41) is 21.3. The second-order valence-electron chi connectivity index (χ2n) is 9.82. The SMILES string of the molecule is CC1O[C@@]12CC[C@H]1[C@@H]3CC=C4CCC(O)C(O)[C@]4(C)[C@H]3CC[C@@]12C. The van der Waals surface area contributed by atoms with Crippen LogP contribution in [0.25, 0.3) is 0 Å². The molecule has 3 heteroatoms. The number of hydrogen-bond acceptors (Lipinski definition) is 3. The molecule has 4 aliphatic carbocycles. The molecule has 3 saturated carbocycles. The molecule has 3 unspecified atom stereocenters. The minimum atomic E-state index is -0.596. The Morgan fingerprint density at radius 2 is 1.79 bits per heavy atom. The largest absolute Gasteiger partial charge is 0.390 e. The number of rotatable bonds is 0. The van der Waals surface area contributed by atoms with Gasteiger partial charge in [-0.1, -0.05) is 25.5 Å². The van der Waals surface area contributed by atoms with E-state index in [1.807, 2.05) is 0 Å². The zero-order valence-corrected chi connectivity index (χ0v) is 15.3. The molecule has 0 amide bonds. The molecule has 5 aliphatic rings. The summed E-state index contributed by atoms with van der Waals surface area (Å²) < 4.78 is 6.18. The van der Waals surface area contributed by atoms with Crippen LogP contribution in [0, 0.1) is 28.6 Å². The molecule has 1 spiro atoms. The van der Waals surface area contributed by atoms with Gasteiger partial charge in [-0.3, -0.25) is 0 Å². The fourth-order valence-corrected chi connectivity index (χ4v) is 7.91. The van der Waals surface area contributed by atoms with Crippen molar-refractivity contribution in [3.05, 3.63) is 11.6 Å². The molecule has 0 aromatic heterocycles. The van der Waals surface area contributed by atoms with Crippen LogP contribution in [-0.4, -0.2) is 34.1 Å². The normalized spacial score (nSPS) is 61.8. The van der Waals surface area contributed by atoms with Gasteiger partial charge in [0.05, 0.1) is 18.3 Å². The molecule has 1 aliphatic heterocycles. The van der Waals surface area contributed by atoms with Crippen LogP contribution < -0.4 is 0 Å². The van der Waals surface area contributed by atoms with Crippen molar-refractivity contribution < 1.29 is 14.9 Å². The first-order chi connectivity index (χ1) is 11.3. The molecule has 3 nitrogen and oxygen atoms in total. The van der Waals surface area contributed by atoms with Crippen LogP contribution >= 0.6 is 0 Å². The quantitative estimate of drug-likeness (QED) is 0.528. The van der Waals surface area contributed by atoms with E-state index in [4.69, 9.17) is 4.74 Å². The smallest absolute Gasteiger partial charge is 0.100 e. The number of aliphatic hydroxyl groups excluding tert-OH is 2. The lowest BCUT2D eigenvalue weighted by molar-refractivity contribution is -0.130. The summed E-state index contributed by atoms with van der Waals surface area (Å²) in [7, 11) is 0. The standard InChI is InChI=1S/C21H32O3/c1-12-21(24-12)11-9-15-14-6-4-13-5-7-17(22)18(23)20(13,3)16(14)8-10-19(15,21)2/h4,12,14-18,22-23H,5-11H2,1-3H3/t12?,14-,15-,16-,17?,18?,19-,20-,21-/m0/s1. The zero-order chi connectivity index (χ0) is 16.9. The minimum Gasteiger partial charge on any atom is -0.390 e. The summed E-state index contributed by atoms with van der Waals surface area (Å²) in [6.45, 7) is 6.98. The first-order valence-electron chi connectivity index (χ1n) is 10.1. The number of epoxide rings is 1. The van der Waals surface area contributed by atoms with Gasteiger partial charge in [0.1, 0.15) is 5.60 Å². The molecule has 24 heavy (non-hydrogen) atoms. The summed E-state index contributed by atoms with van der Waals surface area (Å²) in [6, 6.07) is 0. The van der Waals surface area contributed by atoms with E-state index in [1.54, 1.807) is 0 Å². The highest BCUT2D eigenvalue weighted by molar-refractivity contribution is 5.29. The third-order valence-corrected chi connectivity index (χ3v) is 9.39. The molecule has 0 aromatic rings. The maximum Gasteiger partial charge on any atom is 0.100 e. The predicted octanol–water partition coefficient (Wildman–Crippen LogP) is 3.44. The second-order valence-corrected chi connectivity index (χ2v) is 9.82. The first kappa shape index (κ1) is 15.8. The van der Waals surface area contributed by atoms with E-state index in [0.717, 1.165) is 12.8 Å². The van der Waals surface area contributed by atoms with E-state index < -0.39 is 12.2 Å². The van der Waals surface area contributed by atoms with Gasteiger partial charge in [0.15, 0.2) is 0 Å². The molecule has 0 aromatic carbocycles. The van der Waals surface area contributed by atoms with Gasteiger partial charge in [0.2, 0.25) is 0 Å². The van der Waals surface area contributed by atoms with Crippen LogP contribution in [0.3, 0.4) is 0 Å². The summed E-state index contributed by atoms with van der Waals surface area (Å²) >= 11 is 0. The van der Waals surface area contributed by atoms with Crippen LogP contribution in [0.1, 0.15) is 65.7 Å². The molecule has 0 radical (unpaired) electrons. The molecule has 9 atom stereocenters. The van der Waals surface area contributed by atoms with Gasteiger partial charge in [0.25, 0.3) is 0 Å². The van der Waals surface area contributed by atoms with Crippen LogP contribution in [0.5, 0.6) is 0 Å². The minimum absolute atomic E-state index is 0.151. The Morgan fingerprint density at radius 1 is 1.08 bits per heavy atom. The van der Waals surface area contributed by atoms with E-state index in [2.05, 4.69) is 26.8 Å². The van der Waals surface area contributed by atoms with Crippen LogP contribution in [-0.2, 0) is 4.74 Å². The number of aliphatic hydroxyl groups is 2. The Bertz CT molecular complexity index is 600. The van der Waals surface area contributed by atoms with Crippen LogP contribution in [0.15, 0.2) is 11.6 Å². The third kappa shape index (κ3) is 1.61. The molecular weight excluding hydrogens is 300 g/mol. The van der Waals surface area contributed by atoms with Gasteiger partial charge in [-0.15, -0.1) is 0 Å². The third-order valence-electron chi connectivity index (χ3n) is 9.39. The average molecular weight is 332 g/mol. The molecule has 2 N–H and O–H groups in total. The molecule has 4 fully saturated rings. The monoisotopic (exact) mass is 332 g/mol. The van der Waals surface area contributed by atoms with Gasteiger partial charge < -0.3 is 14.9 Å². The van der Waals surface area contributed by atoms with Gasteiger partial charge >= 0.3 is 0 Å². The summed E-state index contributed by atoms with van der Waals surface area (Å²) in [4.78, 5) is 0. The highest BCUT2D eigenvalue weighted by Gasteiger charge is 2.73. The highest BCUT2D eigenvalue weighted by Crippen LogP contribution is 2.72. The van der Waals surface area contributed by atoms with Crippen molar-refractivity contribution in [1.29, 1.82) is 0 Å². The summed E-state index contributed by atoms with van der Waals surface area (Å²) in [6.07, 6.45) is 9.45. The van der Waals surface area contributed by atoms with E-state index >= 15 is 0 Å². The Balaban J connectivity index is 1.53. The van der Waals surface area contributed by atoms with Crippen LogP contribution in [0.2, 0.25) is 0 Å². The molecular formula is C21H32O3.